The van der Waals surface area contributed by atoms with E-state index in [0.717, 1.165) is 45.1 Å². The Kier molecular flexibility index (Phi) is 4.80. The van der Waals surface area contributed by atoms with Crippen LogP contribution in [0, 0.1) is 5.92 Å². The minimum Gasteiger partial charge on any atom is -0.463 e. The second-order valence-corrected chi connectivity index (χ2v) is 5.17. The highest BCUT2D eigenvalue weighted by Gasteiger charge is 2.29. The van der Waals surface area contributed by atoms with Crippen molar-refractivity contribution in [2.45, 2.75) is 57.1 Å². The molecule has 1 aliphatic carbocycles. The molecule has 1 heterocycles. The molecule has 0 aromatic carbocycles. The number of carbonyl (C=O) groups is 1. The number of carbonyl (C=O) groups excluding carboxylic acids is 1. The molecule has 1 saturated carbocycles. The van der Waals surface area contributed by atoms with Crippen LogP contribution in [-0.2, 0) is 14.3 Å². The average molecular weight is 241 g/mol. The van der Waals surface area contributed by atoms with Gasteiger partial charge in [-0.1, -0.05) is 19.3 Å². The van der Waals surface area contributed by atoms with Crippen molar-refractivity contribution in [3.63, 3.8) is 0 Å². The Balaban J connectivity index is 1.76. The van der Waals surface area contributed by atoms with Crippen LogP contribution in [0.4, 0.5) is 0 Å². The first-order valence-electron chi connectivity index (χ1n) is 6.81. The number of ether oxygens (including phenoxy) is 2. The fraction of sp³-hybridized carbons (Fsp3) is 0.923. The van der Waals surface area contributed by atoms with Crippen LogP contribution in [0.1, 0.15) is 44.9 Å². The largest absolute Gasteiger partial charge is 0.463 e. The van der Waals surface area contributed by atoms with E-state index < -0.39 is 0 Å². The molecule has 0 amide bonds. The summed E-state index contributed by atoms with van der Waals surface area (Å²) in [7, 11) is 0. The molecule has 0 aromatic rings. The van der Waals surface area contributed by atoms with Gasteiger partial charge in [-0.05, 0) is 25.7 Å². The Morgan fingerprint density at radius 3 is 2.76 bits per heavy atom. The normalized spacial score (nSPS) is 34.3. The number of hydrogen-bond acceptors (Lipinski definition) is 4. The Morgan fingerprint density at radius 2 is 2.00 bits per heavy atom. The zero-order valence-corrected chi connectivity index (χ0v) is 10.4. The Morgan fingerprint density at radius 1 is 1.18 bits per heavy atom. The third kappa shape index (κ3) is 3.68. The molecule has 98 valence electrons. The molecule has 2 N–H and O–H groups in total. The number of hydrogen-bond donors (Lipinski definition) is 1. The Hall–Kier alpha value is -0.610. The molecular formula is C13H23NO3. The third-order valence-electron chi connectivity index (χ3n) is 3.81. The summed E-state index contributed by atoms with van der Waals surface area (Å²) in [5.41, 5.74) is 6.03. The van der Waals surface area contributed by atoms with Crippen LogP contribution >= 0.6 is 0 Å². The SMILES string of the molecule is NC1CCCCCC1C(=O)OCC1CCCO1. The minimum atomic E-state index is -0.116. The molecule has 4 heteroatoms. The van der Waals surface area contributed by atoms with Crippen LogP contribution in [0.15, 0.2) is 0 Å². The highest BCUT2D eigenvalue weighted by Crippen LogP contribution is 2.23. The highest BCUT2D eigenvalue weighted by molar-refractivity contribution is 5.73. The van der Waals surface area contributed by atoms with E-state index in [2.05, 4.69) is 0 Å². The highest BCUT2D eigenvalue weighted by atomic mass is 16.6. The summed E-state index contributed by atoms with van der Waals surface area (Å²) in [5.74, 6) is -0.214. The van der Waals surface area contributed by atoms with Gasteiger partial charge in [0, 0.05) is 12.6 Å². The van der Waals surface area contributed by atoms with Gasteiger partial charge in [-0.25, -0.2) is 0 Å². The predicted octanol–water partition coefficient (Wildman–Crippen LogP) is 1.62. The molecular weight excluding hydrogens is 218 g/mol. The molecule has 4 nitrogen and oxygen atoms in total. The van der Waals surface area contributed by atoms with E-state index in [-0.39, 0.29) is 24.0 Å². The maximum Gasteiger partial charge on any atom is 0.310 e. The minimum absolute atomic E-state index is 0.0190. The number of nitrogens with two attached hydrogens (primary N) is 1. The van der Waals surface area contributed by atoms with Gasteiger partial charge in [-0.3, -0.25) is 4.79 Å². The molecule has 1 saturated heterocycles. The van der Waals surface area contributed by atoms with Gasteiger partial charge in [-0.2, -0.15) is 0 Å². The van der Waals surface area contributed by atoms with Crippen molar-refractivity contribution in [3.8, 4) is 0 Å². The smallest absolute Gasteiger partial charge is 0.310 e. The first-order valence-corrected chi connectivity index (χ1v) is 6.81. The molecule has 2 fully saturated rings. The van der Waals surface area contributed by atoms with Crippen molar-refractivity contribution in [1.29, 1.82) is 0 Å². The fourth-order valence-corrected chi connectivity index (χ4v) is 2.69. The van der Waals surface area contributed by atoms with Crippen LogP contribution < -0.4 is 5.73 Å². The van der Waals surface area contributed by atoms with Gasteiger partial charge >= 0.3 is 5.97 Å². The van der Waals surface area contributed by atoms with Gasteiger partial charge < -0.3 is 15.2 Å². The van der Waals surface area contributed by atoms with Gasteiger partial charge in [0.15, 0.2) is 0 Å². The topological polar surface area (TPSA) is 61.6 Å². The van der Waals surface area contributed by atoms with E-state index in [1.165, 1.54) is 6.42 Å². The first kappa shape index (κ1) is 12.8. The predicted molar refractivity (Wildman–Crippen MR) is 64.5 cm³/mol. The lowest BCUT2D eigenvalue weighted by molar-refractivity contribution is -0.152. The van der Waals surface area contributed by atoms with Gasteiger partial charge in [0.1, 0.15) is 6.61 Å². The summed E-state index contributed by atoms with van der Waals surface area (Å²) < 4.78 is 10.8. The van der Waals surface area contributed by atoms with Crippen LogP contribution in [-0.4, -0.2) is 31.3 Å². The van der Waals surface area contributed by atoms with Gasteiger partial charge in [0.05, 0.1) is 12.0 Å². The lowest BCUT2D eigenvalue weighted by Gasteiger charge is -2.20. The van der Waals surface area contributed by atoms with Crippen LogP contribution in [0.3, 0.4) is 0 Å². The molecule has 0 bridgehead atoms. The van der Waals surface area contributed by atoms with Crippen molar-refractivity contribution < 1.29 is 14.3 Å². The van der Waals surface area contributed by atoms with Crippen molar-refractivity contribution in [2.24, 2.45) is 11.7 Å². The number of esters is 1. The van der Waals surface area contributed by atoms with Gasteiger partial charge in [0.25, 0.3) is 0 Å². The van der Waals surface area contributed by atoms with E-state index in [0.29, 0.717) is 6.61 Å². The van der Waals surface area contributed by atoms with Crippen molar-refractivity contribution >= 4 is 5.97 Å². The summed E-state index contributed by atoms with van der Waals surface area (Å²) in [5, 5.41) is 0. The van der Waals surface area contributed by atoms with E-state index >= 15 is 0 Å². The molecule has 0 radical (unpaired) electrons. The quantitative estimate of drug-likeness (QED) is 0.602. The number of rotatable bonds is 3. The first-order chi connectivity index (χ1) is 8.27. The maximum absolute atomic E-state index is 12.0. The van der Waals surface area contributed by atoms with Crippen LogP contribution in [0.25, 0.3) is 0 Å². The summed E-state index contributed by atoms with van der Waals surface area (Å²) in [6.45, 7) is 1.20. The zero-order valence-electron chi connectivity index (χ0n) is 10.4. The molecule has 3 unspecified atom stereocenters. The maximum atomic E-state index is 12.0. The van der Waals surface area contributed by atoms with Gasteiger partial charge in [-0.15, -0.1) is 0 Å². The monoisotopic (exact) mass is 241 g/mol. The molecule has 1 aliphatic heterocycles. The van der Waals surface area contributed by atoms with Crippen molar-refractivity contribution in [2.75, 3.05) is 13.2 Å². The van der Waals surface area contributed by atoms with Gasteiger partial charge in [0.2, 0.25) is 0 Å². The molecule has 3 atom stereocenters. The Bertz CT molecular complexity index is 251. The summed E-state index contributed by atoms with van der Waals surface area (Å²) in [6.07, 6.45) is 7.43. The molecule has 17 heavy (non-hydrogen) atoms. The molecule has 0 spiro atoms. The zero-order chi connectivity index (χ0) is 12.1. The van der Waals surface area contributed by atoms with Crippen molar-refractivity contribution in [1.82, 2.24) is 0 Å². The standard InChI is InChI=1S/C13H23NO3/c14-12-7-3-1-2-6-11(12)13(15)17-9-10-5-4-8-16-10/h10-12H,1-9,14H2. The Labute approximate surface area is 103 Å². The lowest BCUT2D eigenvalue weighted by Crippen LogP contribution is -2.36. The van der Waals surface area contributed by atoms with E-state index in [1.54, 1.807) is 0 Å². The lowest BCUT2D eigenvalue weighted by atomic mass is 9.96. The molecule has 2 rings (SSSR count). The second kappa shape index (κ2) is 6.36. The molecule has 0 aromatic heterocycles. The van der Waals surface area contributed by atoms with Crippen molar-refractivity contribution in [3.05, 3.63) is 0 Å². The summed E-state index contributed by atoms with van der Waals surface area (Å²) >= 11 is 0. The summed E-state index contributed by atoms with van der Waals surface area (Å²) in [4.78, 5) is 12.0. The molecule has 2 aliphatic rings. The van der Waals surface area contributed by atoms with E-state index in [9.17, 15) is 4.79 Å². The van der Waals surface area contributed by atoms with E-state index in [1.807, 2.05) is 0 Å². The average Bonchev–Trinajstić information content (AvgIpc) is 2.75. The fourth-order valence-electron chi connectivity index (χ4n) is 2.69. The third-order valence-corrected chi connectivity index (χ3v) is 3.81. The van der Waals surface area contributed by atoms with Crippen LogP contribution in [0.5, 0.6) is 0 Å². The second-order valence-electron chi connectivity index (χ2n) is 5.17. The van der Waals surface area contributed by atoms with E-state index in [4.69, 9.17) is 15.2 Å². The summed E-state index contributed by atoms with van der Waals surface area (Å²) in [6, 6.07) is -0.0190. The van der Waals surface area contributed by atoms with Crippen LogP contribution in [0.2, 0.25) is 0 Å².